The molecule has 1 aromatic heterocycles. The van der Waals surface area contributed by atoms with Crippen LogP contribution in [-0.4, -0.2) is 74.0 Å². The SMILES string of the molecule is O=CNc1nc(C(=NOC2CC2)C(=O)N[C@@H]2C(=O)N3C(C(=O)O)=C(CCl)CS[C@@H]23)cs1. The molecule has 2 fully saturated rings. The third-order valence-electron chi connectivity index (χ3n) is 4.66. The maximum atomic E-state index is 12.9. The lowest BCUT2D eigenvalue weighted by Crippen LogP contribution is -2.71. The van der Waals surface area contributed by atoms with Gasteiger partial charge in [-0.25, -0.2) is 9.78 Å². The molecule has 0 radical (unpaired) electrons. The zero-order valence-corrected chi connectivity index (χ0v) is 18.1. The summed E-state index contributed by atoms with van der Waals surface area (Å²) in [4.78, 5) is 58.4. The molecule has 31 heavy (non-hydrogen) atoms. The van der Waals surface area contributed by atoms with Crippen LogP contribution < -0.4 is 10.6 Å². The minimum Gasteiger partial charge on any atom is -0.477 e. The molecule has 0 bridgehead atoms. The van der Waals surface area contributed by atoms with Crippen LogP contribution in [0.2, 0.25) is 0 Å². The van der Waals surface area contributed by atoms with Gasteiger partial charge in [-0.2, -0.15) is 0 Å². The first-order valence-corrected chi connectivity index (χ1v) is 11.6. The fourth-order valence-corrected chi connectivity index (χ4v) is 5.33. The van der Waals surface area contributed by atoms with Gasteiger partial charge in [0.15, 0.2) is 10.8 Å². The number of aromatic nitrogens is 1. The molecule has 0 unspecified atom stereocenters. The Kier molecular flexibility index (Phi) is 6.16. The van der Waals surface area contributed by atoms with Crippen molar-refractivity contribution in [3.05, 3.63) is 22.3 Å². The molecule has 3 heterocycles. The van der Waals surface area contributed by atoms with Gasteiger partial charge in [0.1, 0.15) is 28.9 Å². The van der Waals surface area contributed by atoms with Crippen molar-refractivity contribution in [3.63, 3.8) is 0 Å². The highest BCUT2D eigenvalue weighted by atomic mass is 35.5. The van der Waals surface area contributed by atoms with Crippen molar-refractivity contribution in [1.29, 1.82) is 0 Å². The second kappa shape index (κ2) is 8.85. The fraction of sp³-hybridized carbons (Fsp3) is 0.412. The number of hydrogen-bond acceptors (Lipinski definition) is 9. The van der Waals surface area contributed by atoms with Crippen LogP contribution >= 0.6 is 34.7 Å². The van der Waals surface area contributed by atoms with E-state index in [4.69, 9.17) is 16.4 Å². The number of hydrogen-bond donors (Lipinski definition) is 3. The van der Waals surface area contributed by atoms with Crippen molar-refractivity contribution in [2.75, 3.05) is 16.9 Å². The number of amides is 3. The van der Waals surface area contributed by atoms with Crippen molar-refractivity contribution in [1.82, 2.24) is 15.2 Å². The van der Waals surface area contributed by atoms with Gasteiger partial charge in [0, 0.05) is 17.0 Å². The number of aliphatic carboxylic acids is 1. The molecular weight excluding hydrogens is 470 g/mol. The van der Waals surface area contributed by atoms with Gasteiger partial charge < -0.3 is 20.6 Å². The quantitative estimate of drug-likeness (QED) is 0.151. The minimum atomic E-state index is -1.24. The molecule has 4 rings (SSSR count). The molecule has 1 saturated carbocycles. The molecule has 164 valence electrons. The first kappa shape index (κ1) is 21.6. The monoisotopic (exact) mass is 485 g/mol. The van der Waals surface area contributed by atoms with E-state index in [0.29, 0.717) is 17.7 Å². The number of fused-ring (bicyclic) bond motifs is 1. The van der Waals surface area contributed by atoms with Crippen LogP contribution in [0.3, 0.4) is 0 Å². The normalized spacial score (nSPS) is 23.1. The minimum absolute atomic E-state index is 0.00153. The number of oxime groups is 1. The number of carboxylic acids is 1. The van der Waals surface area contributed by atoms with Crippen LogP contribution in [0.5, 0.6) is 0 Å². The Bertz CT molecular complexity index is 1010. The van der Waals surface area contributed by atoms with Gasteiger partial charge in [-0.1, -0.05) is 5.16 Å². The number of anilines is 1. The van der Waals surface area contributed by atoms with E-state index < -0.39 is 29.2 Å². The summed E-state index contributed by atoms with van der Waals surface area (Å²) in [7, 11) is 0. The lowest BCUT2D eigenvalue weighted by atomic mass is 10.0. The maximum absolute atomic E-state index is 12.9. The Labute approximate surface area is 188 Å². The second-order valence-corrected chi connectivity index (χ2v) is 9.03. The summed E-state index contributed by atoms with van der Waals surface area (Å²) in [6, 6.07) is -0.930. The van der Waals surface area contributed by atoms with Crippen LogP contribution in [0.15, 0.2) is 21.8 Å². The molecule has 0 aromatic carbocycles. The zero-order valence-electron chi connectivity index (χ0n) is 15.7. The summed E-state index contributed by atoms with van der Waals surface area (Å²) < 4.78 is 0. The van der Waals surface area contributed by atoms with Gasteiger partial charge in [-0.05, 0) is 18.4 Å². The Morgan fingerprint density at radius 3 is 2.87 bits per heavy atom. The molecule has 3 aliphatic rings. The molecule has 0 spiro atoms. The second-order valence-electron chi connectivity index (χ2n) is 6.80. The van der Waals surface area contributed by atoms with E-state index in [1.165, 1.54) is 17.1 Å². The lowest BCUT2D eigenvalue weighted by Gasteiger charge is -2.49. The van der Waals surface area contributed by atoms with Crippen molar-refractivity contribution in [2.24, 2.45) is 5.16 Å². The van der Waals surface area contributed by atoms with Gasteiger partial charge in [0.05, 0.1) is 0 Å². The van der Waals surface area contributed by atoms with E-state index in [1.54, 1.807) is 0 Å². The van der Waals surface area contributed by atoms with E-state index in [-0.39, 0.29) is 34.2 Å². The number of carbonyl (C=O) groups excluding carboxylic acids is 3. The molecule has 11 nitrogen and oxygen atoms in total. The standard InChI is InChI=1S/C17H16ClN5O6S2/c18-3-7-4-30-15-11(14(26)23(15)12(7)16(27)28)21-13(25)10(22-29-8-1-2-8)9-5-31-17(20-9)19-6-24/h5-6,8,11,15H,1-4H2,(H,21,25)(H,27,28)(H,19,20,24)/t11-,15+/m1/s1. The lowest BCUT2D eigenvalue weighted by molar-refractivity contribution is -0.150. The largest absolute Gasteiger partial charge is 0.477 e. The highest BCUT2D eigenvalue weighted by molar-refractivity contribution is 8.00. The van der Waals surface area contributed by atoms with E-state index >= 15 is 0 Å². The zero-order chi connectivity index (χ0) is 22.1. The smallest absolute Gasteiger partial charge is 0.352 e. The molecule has 1 aliphatic carbocycles. The number of carboxylic acid groups (broad SMARTS) is 1. The van der Waals surface area contributed by atoms with Gasteiger partial charge in [-0.15, -0.1) is 34.7 Å². The average Bonchev–Trinajstić information content (AvgIpc) is 3.48. The highest BCUT2D eigenvalue weighted by Gasteiger charge is 2.54. The van der Waals surface area contributed by atoms with Crippen molar-refractivity contribution in [3.8, 4) is 0 Å². The molecule has 3 amide bonds. The predicted molar refractivity (Wildman–Crippen MR) is 113 cm³/mol. The van der Waals surface area contributed by atoms with Gasteiger partial charge >= 0.3 is 5.97 Å². The van der Waals surface area contributed by atoms with E-state index in [1.807, 2.05) is 0 Å². The molecule has 1 aromatic rings. The third kappa shape index (κ3) is 4.25. The number of thiazole rings is 1. The number of halogens is 1. The number of carbonyl (C=O) groups is 4. The first-order valence-electron chi connectivity index (χ1n) is 9.11. The molecule has 3 N–H and O–H groups in total. The molecular formula is C17H16ClN5O6S2. The Morgan fingerprint density at radius 2 is 2.23 bits per heavy atom. The summed E-state index contributed by atoms with van der Waals surface area (Å²) in [5.74, 6) is -2.14. The van der Waals surface area contributed by atoms with Gasteiger partial charge in [-0.3, -0.25) is 19.3 Å². The first-order chi connectivity index (χ1) is 14.9. The van der Waals surface area contributed by atoms with E-state index in [0.717, 1.165) is 29.1 Å². The van der Waals surface area contributed by atoms with Crippen molar-refractivity contribution in [2.45, 2.75) is 30.4 Å². The topological polar surface area (TPSA) is 150 Å². The Balaban J connectivity index is 1.52. The third-order valence-corrected chi connectivity index (χ3v) is 7.10. The van der Waals surface area contributed by atoms with Crippen molar-refractivity contribution < 1.29 is 29.1 Å². The van der Waals surface area contributed by atoms with Crippen LogP contribution in [-0.2, 0) is 24.0 Å². The van der Waals surface area contributed by atoms with Crippen LogP contribution in [0.4, 0.5) is 5.13 Å². The Hall–Kier alpha value is -2.64. The fourth-order valence-electron chi connectivity index (χ4n) is 3.00. The summed E-state index contributed by atoms with van der Waals surface area (Å²) in [5, 5.41) is 19.6. The number of nitrogens with one attached hydrogen (secondary N) is 2. The number of nitrogens with zero attached hydrogens (tertiary/aromatic N) is 3. The van der Waals surface area contributed by atoms with E-state index in [2.05, 4.69) is 20.8 Å². The van der Waals surface area contributed by atoms with Gasteiger partial charge in [0.2, 0.25) is 6.41 Å². The molecule has 1 saturated heterocycles. The summed E-state index contributed by atoms with van der Waals surface area (Å²) in [6.07, 6.45) is 2.05. The van der Waals surface area contributed by atoms with E-state index in [9.17, 15) is 24.3 Å². The average molecular weight is 486 g/mol. The maximum Gasteiger partial charge on any atom is 0.352 e. The summed E-state index contributed by atoms with van der Waals surface area (Å²) in [6.45, 7) is 0. The molecule has 2 aliphatic heterocycles. The van der Waals surface area contributed by atoms with Crippen LogP contribution in [0.25, 0.3) is 0 Å². The van der Waals surface area contributed by atoms with Crippen LogP contribution in [0, 0.1) is 0 Å². The summed E-state index contributed by atoms with van der Waals surface area (Å²) >= 11 is 8.24. The Morgan fingerprint density at radius 1 is 1.45 bits per heavy atom. The number of alkyl halides is 1. The number of rotatable bonds is 9. The number of β-lactam (4-membered cyclic amide) rings is 1. The van der Waals surface area contributed by atoms with Gasteiger partial charge in [0.25, 0.3) is 11.8 Å². The summed E-state index contributed by atoms with van der Waals surface area (Å²) in [5.41, 5.74) is 0.364. The van der Waals surface area contributed by atoms with Crippen LogP contribution in [0.1, 0.15) is 18.5 Å². The number of thioether (sulfide) groups is 1. The highest BCUT2D eigenvalue weighted by Crippen LogP contribution is 2.40. The molecule has 2 atom stereocenters. The molecule has 14 heteroatoms. The van der Waals surface area contributed by atoms with Crippen molar-refractivity contribution >= 4 is 69.7 Å². The predicted octanol–water partition coefficient (Wildman–Crippen LogP) is 0.572.